The molecule has 0 atom stereocenters. The number of rotatable bonds is 3. The van der Waals surface area contributed by atoms with Crippen molar-refractivity contribution < 1.29 is 14.6 Å². The van der Waals surface area contributed by atoms with E-state index < -0.39 is 0 Å². The number of amides is 1. The Hall–Kier alpha value is -2.08. The summed E-state index contributed by atoms with van der Waals surface area (Å²) in [7, 11) is 3.34. The highest BCUT2D eigenvalue weighted by Crippen LogP contribution is 2.32. The van der Waals surface area contributed by atoms with Gasteiger partial charge in [0.05, 0.1) is 6.61 Å². The molecular weight excluding hydrogens is 276 g/mol. The zero-order valence-corrected chi connectivity index (χ0v) is 12.4. The summed E-state index contributed by atoms with van der Waals surface area (Å²) in [6.45, 7) is 2.30. The largest absolute Gasteiger partial charge is 0.504 e. The molecule has 0 saturated carbocycles. The third kappa shape index (κ3) is 2.34. The summed E-state index contributed by atoms with van der Waals surface area (Å²) in [5.41, 5.74) is 0.936. The van der Waals surface area contributed by atoms with Crippen LogP contribution in [0.5, 0.6) is 11.5 Å². The van der Waals surface area contributed by atoms with Crippen molar-refractivity contribution in [2.45, 2.75) is 6.92 Å². The van der Waals surface area contributed by atoms with Crippen LogP contribution in [0, 0.1) is 0 Å². The van der Waals surface area contributed by atoms with E-state index in [0.717, 1.165) is 0 Å². The molecule has 1 aliphatic heterocycles. The quantitative estimate of drug-likeness (QED) is 0.680. The molecule has 0 aromatic heterocycles. The average molecular weight is 292 g/mol. The van der Waals surface area contributed by atoms with E-state index in [1.54, 1.807) is 43.3 Å². The van der Waals surface area contributed by atoms with Gasteiger partial charge < -0.3 is 14.7 Å². The number of carbonyl (C=O) groups is 1. The van der Waals surface area contributed by atoms with Crippen LogP contribution in [0.25, 0.3) is 6.08 Å². The molecule has 6 heteroatoms. The predicted octanol–water partition coefficient (Wildman–Crippen LogP) is 1.82. The van der Waals surface area contributed by atoms with E-state index >= 15 is 0 Å². The van der Waals surface area contributed by atoms with Gasteiger partial charge in [0.2, 0.25) is 0 Å². The standard InChI is InChI=1S/C14H16N2O3S/c1-4-19-11-7-5-6-9(12(11)17)8-10-13(18)16(3)14(20)15(10)2/h5-8,17H,4H2,1-3H3. The normalized spacial score (nSPS) is 17.2. The maximum absolute atomic E-state index is 12.1. The number of thiocarbonyl (C=S) groups is 1. The Balaban J connectivity index is 2.43. The van der Waals surface area contributed by atoms with Gasteiger partial charge in [-0.2, -0.15) is 0 Å². The van der Waals surface area contributed by atoms with E-state index in [2.05, 4.69) is 0 Å². The summed E-state index contributed by atoms with van der Waals surface area (Å²) in [5, 5.41) is 10.6. The van der Waals surface area contributed by atoms with E-state index in [4.69, 9.17) is 17.0 Å². The van der Waals surface area contributed by atoms with Crippen molar-refractivity contribution in [1.82, 2.24) is 9.80 Å². The fourth-order valence-corrected chi connectivity index (χ4v) is 2.15. The highest BCUT2D eigenvalue weighted by molar-refractivity contribution is 7.80. The first-order valence-electron chi connectivity index (χ1n) is 6.19. The van der Waals surface area contributed by atoms with Crippen molar-refractivity contribution in [3.05, 3.63) is 29.5 Å². The van der Waals surface area contributed by atoms with Crippen molar-refractivity contribution in [2.75, 3.05) is 20.7 Å². The molecule has 1 saturated heterocycles. The second-order valence-electron chi connectivity index (χ2n) is 4.36. The van der Waals surface area contributed by atoms with Gasteiger partial charge in [-0.15, -0.1) is 0 Å². The molecule has 20 heavy (non-hydrogen) atoms. The molecule has 106 valence electrons. The number of benzene rings is 1. The third-order valence-corrected chi connectivity index (χ3v) is 3.63. The monoisotopic (exact) mass is 292 g/mol. The fraction of sp³-hybridized carbons (Fsp3) is 0.286. The molecule has 5 nitrogen and oxygen atoms in total. The predicted molar refractivity (Wildman–Crippen MR) is 80.4 cm³/mol. The molecular formula is C14H16N2O3S. The number of phenols is 1. The Morgan fingerprint density at radius 3 is 2.60 bits per heavy atom. The Labute approximate surface area is 123 Å². The molecule has 1 aromatic carbocycles. The molecule has 1 aliphatic rings. The van der Waals surface area contributed by atoms with Gasteiger partial charge in [0, 0.05) is 19.7 Å². The minimum absolute atomic E-state index is 0.0171. The number of carbonyl (C=O) groups excluding carboxylic acids is 1. The summed E-state index contributed by atoms with van der Waals surface area (Å²) >= 11 is 5.14. The van der Waals surface area contributed by atoms with Crippen molar-refractivity contribution in [3.8, 4) is 11.5 Å². The lowest BCUT2D eigenvalue weighted by molar-refractivity contribution is -0.121. The topological polar surface area (TPSA) is 53.0 Å². The zero-order valence-electron chi connectivity index (χ0n) is 11.6. The second kappa shape index (κ2) is 5.50. The minimum Gasteiger partial charge on any atom is -0.504 e. The molecule has 2 rings (SSSR count). The smallest absolute Gasteiger partial charge is 0.276 e. The number of hydrogen-bond donors (Lipinski definition) is 1. The number of aromatic hydroxyl groups is 1. The SMILES string of the molecule is CCOc1cccc(C=C2C(=O)N(C)C(=S)N2C)c1O. The number of likely N-dealkylation sites (N-methyl/N-ethyl adjacent to an activating group) is 2. The molecule has 1 heterocycles. The Morgan fingerprint density at radius 1 is 1.35 bits per heavy atom. The van der Waals surface area contributed by atoms with Crippen molar-refractivity contribution >= 4 is 29.3 Å². The van der Waals surface area contributed by atoms with Crippen LogP contribution in [-0.2, 0) is 4.79 Å². The number of phenolic OH excluding ortho intramolecular Hbond substituents is 1. The maximum Gasteiger partial charge on any atom is 0.276 e. The number of hydrogen-bond acceptors (Lipinski definition) is 4. The molecule has 0 unspecified atom stereocenters. The van der Waals surface area contributed by atoms with Gasteiger partial charge in [0.25, 0.3) is 5.91 Å². The van der Waals surface area contributed by atoms with E-state index in [1.807, 2.05) is 6.92 Å². The number of nitrogens with zero attached hydrogens (tertiary/aromatic N) is 2. The van der Waals surface area contributed by atoms with E-state index in [0.29, 0.717) is 28.7 Å². The molecule has 1 fully saturated rings. The van der Waals surface area contributed by atoms with Gasteiger partial charge >= 0.3 is 0 Å². The lowest BCUT2D eigenvalue weighted by Gasteiger charge is -2.12. The van der Waals surface area contributed by atoms with Crippen LogP contribution in [0.3, 0.4) is 0 Å². The van der Waals surface area contributed by atoms with Crippen molar-refractivity contribution in [2.24, 2.45) is 0 Å². The summed E-state index contributed by atoms with van der Waals surface area (Å²) in [6, 6.07) is 5.16. The van der Waals surface area contributed by atoms with E-state index in [-0.39, 0.29) is 11.7 Å². The van der Waals surface area contributed by atoms with E-state index in [9.17, 15) is 9.90 Å². The molecule has 1 N–H and O–H groups in total. The minimum atomic E-state index is -0.196. The summed E-state index contributed by atoms with van der Waals surface area (Å²) < 4.78 is 5.32. The maximum atomic E-state index is 12.1. The fourth-order valence-electron chi connectivity index (χ4n) is 1.96. The van der Waals surface area contributed by atoms with Crippen LogP contribution in [0.4, 0.5) is 0 Å². The Kier molecular flexibility index (Phi) is 3.94. The zero-order chi connectivity index (χ0) is 14.9. The Bertz CT molecular complexity index is 598. The van der Waals surface area contributed by atoms with Crippen LogP contribution in [0.15, 0.2) is 23.9 Å². The lowest BCUT2D eigenvalue weighted by Crippen LogP contribution is -2.26. The van der Waals surface area contributed by atoms with Crippen LogP contribution >= 0.6 is 12.2 Å². The number of ether oxygens (including phenoxy) is 1. The molecule has 1 amide bonds. The highest BCUT2D eigenvalue weighted by atomic mass is 32.1. The van der Waals surface area contributed by atoms with Crippen LogP contribution < -0.4 is 4.74 Å². The highest BCUT2D eigenvalue weighted by Gasteiger charge is 2.32. The number of para-hydroxylation sites is 1. The summed E-state index contributed by atoms with van der Waals surface area (Å²) in [4.78, 5) is 15.1. The van der Waals surface area contributed by atoms with Crippen molar-refractivity contribution in [3.63, 3.8) is 0 Å². The lowest BCUT2D eigenvalue weighted by atomic mass is 10.1. The van der Waals surface area contributed by atoms with Gasteiger partial charge in [0.1, 0.15) is 5.70 Å². The molecule has 0 radical (unpaired) electrons. The van der Waals surface area contributed by atoms with Gasteiger partial charge in [-0.1, -0.05) is 12.1 Å². The molecule has 0 aliphatic carbocycles. The summed E-state index contributed by atoms with van der Waals surface area (Å²) in [5.74, 6) is 0.216. The first-order chi connectivity index (χ1) is 9.47. The average Bonchev–Trinajstić information content (AvgIpc) is 2.61. The third-order valence-electron chi connectivity index (χ3n) is 3.08. The van der Waals surface area contributed by atoms with Crippen molar-refractivity contribution in [1.29, 1.82) is 0 Å². The first-order valence-corrected chi connectivity index (χ1v) is 6.60. The molecule has 0 spiro atoms. The molecule has 1 aromatic rings. The first kappa shape index (κ1) is 14.3. The Morgan fingerprint density at radius 2 is 2.05 bits per heavy atom. The van der Waals surface area contributed by atoms with Gasteiger partial charge in [-0.05, 0) is 31.3 Å². The second-order valence-corrected chi connectivity index (χ2v) is 4.73. The summed E-state index contributed by atoms with van der Waals surface area (Å²) in [6.07, 6.45) is 1.61. The van der Waals surface area contributed by atoms with Gasteiger partial charge in [0.15, 0.2) is 16.6 Å². The molecule has 0 bridgehead atoms. The van der Waals surface area contributed by atoms with Crippen LogP contribution in [-0.4, -0.2) is 46.6 Å². The van der Waals surface area contributed by atoms with Crippen LogP contribution in [0.2, 0.25) is 0 Å². The van der Waals surface area contributed by atoms with Crippen LogP contribution in [0.1, 0.15) is 12.5 Å². The van der Waals surface area contributed by atoms with E-state index in [1.165, 1.54) is 4.90 Å². The van der Waals surface area contributed by atoms with Gasteiger partial charge in [-0.25, -0.2) is 0 Å². The van der Waals surface area contributed by atoms with Gasteiger partial charge in [-0.3, -0.25) is 9.69 Å².